The van der Waals surface area contributed by atoms with Gasteiger partial charge in [-0.15, -0.1) is 0 Å². The fraction of sp³-hybridized carbons (Fsp3) is 0.276. The predicted octanol–water partition coefficient (Wildman–Crippen LogP) is 5.78. The normalized spacial score (nSPS) is 18.4. The molecule has 3 aromatic carbocycles. The zero-order valence-electron chi connectivity index (χ0n) is 20.0. The standard InChI is InChI=1S/C29H27BrN2O4/c1-29(27(34)31(17-18-33)21-13-11-20(30)12-14-21)15-6-16-32(29)28(35)36-19-26-24-9-4-2-7-22(24)23-8-3-5-10-25(23)26/h2-5,7-14,18,26H,6,15-17,19H2,1H3. The van der Waals surface area contributed by atoms with E-state index in [0.717, 1.165) is 26.7 Å². The van der Waals surface area contributed by atoms with Gasteiger partial charge in [-0.3, -0.25) is 9.69 Å². The lowest BCUT2D eigenvalue weighted by molar-refractivity contribution is -0.128. The maximum Gasteiger partial charge on any atom is 0.410 e. The number of aldehydes is 1. The Balaban J connectivity index is 1.35. The molecular formula is C29H27BrN2O4. The molecule has 2 amide bonds. The minimum atomic E-state index is -1.10. The number of carbonyl (C=O) groups excluding carboxylic acids is 3. The molecular weight excluding hydrogens is 520 g/mol. The van der Waals surface area contributed by atoms with Crippen LogP contribution < -0.4 is 4.90 Å². The van der Waals surface area contributed by atoms with Gasteiger partial charge in [0.2, 0.25) is 0 Å². The Morgan fingerprint density at radius 3 is 2.25 bits per heavy atom. The van der Waals surface area contributed by atoms with Gasteiger partial charge in [0, 0.05) is 22.6 Å². The van der Waals surface area contributed by atoms with E-state index in [1.807, 2.05) is 36.4 Å². The summed E-state index contributed by atoms with van der Waals surface area (Å²) in [5.74, 6) is -0.344. The number of ether oxygens (including phenoxy) is 1. The Hall–Kier alpha value is -3.45. The van der Waals surface area contributed by atoms with Crippen molar-refractivity contribution in [3.63, 3.8) is 0 Å². The van der Waals surface area contributed by atoms with Crippen LogP contribution in [0.5, 0.6) is 0 Å². The van der Waals surface area contributed by atoms with Gasteiger partial charge in [-0.25, -0.2) is 4.79 Å². The molecule has 1 heterocycles. The summed E-state index contributed by atoms with van der Waals surface area (Å²) in [5.41, 5.74) is 4.11. The predicted molar refractivity (Wildman–Crippen MR) is 142 cm³/mol. The molecule has 6 nitrogen and oxygen atoms in total. The highest BCUT2D eigenvalue weighted by Crippen LogP contribution is 2.44. The van der Waals surface area contributed by atoms with Crippen molar-refractivity contribution in [3.8, 4) is 11.1 Å². The molecule has 7 heteroatoms. The second kappa shape index (κ2) is 9.90. The van der Waals surface area contributed by atoms with Crippen LogP contribution in [0.4, 0.5) is 10.5 Å². The zero-order valence-corrected chi connectivity index (χ0v) is 21.6. The van der Waals surface area contributed by atoms with E-state index in [1.54, 1.807) is 19.1 Å². The molecule has 0 N–H and O–H groups in total. The highest BCUT2D eigenvalue weighted by atomic mass is 79.9. The summed E-state index contributed by atoms with van der Waals surface area (Å²) in [4.78, 5) is 41.5. The van der Waals surface area contributed by atoms with Crippen LogP contribution in [0.3, 0.4) is 0 Å². The van der Waals surface area contributed by atoms with E-state index in [2.05, 4.69) is 40.2 Å². The van der Waals surface area contributed by atoms with Crippen molar-refractivity contribution in [2.75, 3.05) is 24.6 Å². The molecule has 0 spiro atoms. The zero-order chi connectivity index (χ0) is 25.3. The lowest BCUT2D eigenvalue weighted by Gasteiger charge is -2.37. The summed E-state index contributed by atoms with van der Waals surface area (Å²) >= 11 is 3.40. The van der Waals surface area contributed by atoms with Crippen LogP contribution in [0.2, 0.25) is 0 Å². The molecule has 1 unspecified atom stereocenters. The maximum atomic E-state index is 13.8. The van der Waals surface area contributed by atoms with Crippen molar-refractivity contribution in [1.29, 1.82) is 0 Å². The fourth-order valence-corrected chi connectivity index (χ4v) is 5.71. The van der Waals surface area contributed by atoms with Crippen LogP contribution >= 0.6 is 15.9 Å². The second-order valence-electron chi connectivity index (χ2n) is 9.39. The number of hydrogen-bond acceptors (Lipinski definition) is 4. The molecule has 1 aliphatic heterocycles. The van der Waals surface area contributed by atoms with Crippen LogP contribution in [0.15, 0.2) is 77.3 Å². The summed E-state index contributed by atoms with van der Waals surface area (Å²) in [6, 6.07) is 23.6. The van der Waals surface area contributed by atoms with Gasteiger partial charge >= 0.3 is 6.09 Å². The van der Waals surface area contributed by atoms with Gasteiger partial charge < -0.3 is 14.4 Å². The van der Waals surface area contributed by atoms with Crippen molar-refractivity contribution < 1.29 is 19.1 Å². The largest absolute Gasteiger partial charge is 0.448 e. The van der Waals surface area contributed by atoms with Gasteiger partial charge in [-0.1, -0.05) is 64.5 Å². The molecule has 1 atom stereocenters. The summed E-state index contributed by atoms with van der Waals surface area (Å²) in [6.07, 6.45) is 1.38. The third kappa shape index (κ3) is 4.22. The number of hydrogen-bond donors (Lipinski definition) is 0. The van der Waals surface area contributed by atoms with Crippen molar-refractivity contribution >= 4 is 39.9 Å². The number of rotatable bonds is 6. The summed E-state index contributed by atoms with van der Waals surface area (Å²) < 4.78 is 6.74. The molecule has 184 valence electrons. The second-order valence-corrected chi connectivity index (χ2v) is 10.3. The highest BCUT2D eigenvalue weighted by molar-refractivity contribution is 9.10. The van der Waals surface area contributed by atoms with Crippen LogP contribution in [0, 0.1) is 0 Å². The average Bonchev–Trinajstić information content (AvgIpc) is 3.45. The number of amides is 2. The Labute approximate surface area is 219 Å². The van der Waals surface area contributed by atoms with Crippen LogP contribution in [0.25, 0.3) is 11.1 Å². The van der Waals surface area contributed by atoms with Crippen LogP contribution in [-0.2, 0) is 14.3 Å². The van der Waals surface area contributed by atoms with Gasteiger partial charge in [-0.05, 0) is 66.3 Å². The molecule has 2 aliphatic rings. The highest BCUT2D eigenvalue weighted by Gasteiger charge is 2.49. The number of likely N-dealkylation sites (tertiary alicyclic amines) is 1. The third-order valence-corrected chi connectivity index (χ3v) is 7.83. The van der Waals surface area contributed by atoms with Gasteiger partial charge in [0.1, 0.15) is 18.4 Å². The topological polar surface area (TPSA) is 66.9 Å². The molecule has 36 heavy (non-hydrogen) atoms. The van der Waals surface area contributed by atoms with Crippen molar-refractivity contribution in [2.24, 2.45) is 0 Å². The van der Waals surface area contributed by atoms with Crippen LogP contribution in [-0.4, -0.2) is 48.4 Å². The first kappa shape index (κ1) is 24.3. The first-order valence-electron chi connectivity index (χ1n) is 12.1. The van der Waals surface area contributed by atoms with Gasteiger partial charge in [0.05, 0.1) is 6.54 Å². The average molecular weight is 547 g/mol. The first-order valence-corrected chi connectivity index (χ1v) is 12.9. The molecule has 0 aromatic heterocycles. The summed E-state index contributed by atoms with van der Waals surface area (Å²) in [7, 11) is 0. The minimum Gasteiger partial charge on any atom is -0.448 e. The number of nitrogens with zero attached hydrogens (tertiary/aromatic N) is 2. The summed E-state index contributed by atoms with van der Waals surface area (Å²) in [5, 5.41) is 0. The van der Waals surface area contributed by atoms with E-state index in [1.165, 1.54) is 9.80 Å². The number of halogens is 1. The Morgan fingerprint density at radius 1 is 1.03 bits per heavy atom. The van der Waals surface area contributed by atoms with Gasteiger partial charge in [-0.2, -0.15) is 0 Å². The van der Waals surface area contributed by atoms with Gasteiger partial charge in [0.25, 0.3) is 5.91 Å². The first-order chi connectivity index (χ1) is 17.4. The smallest absolute Gasteiger partial charge is 0.410 e. The summed E-state index contributed by atoms with van der Waals surface area (Å²) in [6.45, 7) is 2.29. The lowest BCUT2D eigenvalue weighted by Crippen LogP contribution is -2.57. The minimum absolute atomic E-state index is 0.0553. The molecule has 0 bridgehead atoms. The quantitative estimate of drug-likeness (QED) is 0.367. The Kier molecular flexibility index (Phi) is 6.67. The van der Waals surface area contributed by atoms with E-state index in [9.17, 15) is 14.4 Å². The molecule has 1 aliphatic carbocycles. The van der Waals surface area contributed by atoms with Crippen molar-refractivity contribution in [3.05, 3.63) is 88.4 Å². The van der Waals surface area contributed by atoms with Crippen LogP contribution in [0.1, 0.15) is 36.8 Å². The number of benzene rings is 3. The van der Waals surface area contributed by atoms with Crippen molar-refractivity contribution in [1.82, 2.24) is 4.90 Å². The van der Waals surface area contributed by atoms with E-state index < -0.39 is 11.6 Å². The maximum absolute atomic E-state index is 13.8. The lowest BCUT2D eigenvalue weighted by atomic mass is 9.96. The Bertz CT molecular complexity index is 1260. The third-order valence-electron chi connectivity index (χ3n) is 7.30. The van der Waals surface area contributed by atoms with E-state index in [0.29, 0.717) is 31.4 Å². The SMILES string of the molecule is CC1(C(=O)N(CC=O)c2ccc(Br)cc2)CCCN1C(=O)OCC1c2ccccc2-c2ccccc21. The molecule has 5 rings (SSSR count). The molecule has 0 saturated carbocycles. The number of fused-ring (bicyclic) bond motifs is 3. The van der Waals surface area contributed by atoms with E-state index in [-0.39, 0.29) is 25.0 Å². The molecule has 3 aromatic rings. The van der Waals surface area contributed by atoms with E-state index in [4.69, 9.17) is 4.74 Å². The van der Waals surface area contributed by atoms with Crippen molar-refractivity contribution in [2.45, 2.75) is 31.2 Å². The molecule has 1 saturated heterocycles. The number of carbonyl (C=O) groups is 3. The number of anilines is 1. The molecule has 0 radical (unpaired) electrons. The van der Waals surface area contributed by atoms with Gasteiger partial charge in [0.15, 0.2) is 0 Å². The molecule has 1 fully saturated rings. The fourth-order valence-electron chi connectivity index (χ4n) is 5.44. The van der Waals surface area contributed by atoms with E-state index >= 15 is 0 Å². The monoisotopic (exact) mass is 546 g/mol. The Morgan fingerprint density at radius 2 is 1.64 bits per heavy atom.